The topological polar surface area (TPSA) is 79.4 Å². The van der Waals surface area contributed by atoms with Crippen molar-refractivity contribution < 1.29 is 23.9 Å². The summed E-state index contributed by atoms with van der Waals surface area (Å²) in [6.45, 7) is 4.63. The minimum atomic E-state index is -0.521. The summed E-state index contributed by atoms with van der Waals surface area (Å²) < 4.78 is 11.2. The number of amides is 2. The van der Waals surface area contributed by atoms with Crippen LogP contribution in [0.3, 0.4) is 0 Å². The second kappa shape index (κ2) is 10.3. The van der Waals surface area contributed by atoms with Gasteiger partial charge in [-0.05, 0) is 72.5 Å². The highest BCUT2D eigenvalue weighted by Crippen LogP contribution is 2.49. The molecule has 6 rings (SSSR count). The van der Waals surface area contributed by atoms with Crippen LogP contribution in [0.15, 0.2) is 60.7 Å². The number of methoxy groups -OCH3 is 2. The van der Waals surface area contributed by atoms with Crippen molar-refractivity contribution in [3.8, 4) is 11.5 Å². The number of hydrogen-bond donors (Lipinski definition) is 0. The van der Waals surface area contributed by atoms with E-state index in [4.69, 9.17) is 9.47 Å². The highest BCUT2D eigenvalue weighted by molar-refractivity contribution is 6.01. The van der Waals surface area contributed by atoms with E-state index in [1.165, 1.54) is 0 Å². The van der Waals surface area contributed by atoms with Gasteiger partial charge in [0, 0.05) is 49.5 Å². The van der Waals surface area contributed by atoms with Crippen molar-refractivity contribution in [3.63, 3.8) is 0 Å². The molecule has 3 aliphatic heterocycles. The van der Waals surface area contributed by atoms with Crippen LogP contribution in [0.5, 0.6) is 11.5 Å². The van der Waals surface area contributed by atoms with Crippen LogP contribution < -0.4 is 14.4 Å². The van der Waals surface area contributed by atoms with Gasteiger partial charge in [-0.1, -0.05) is 18.2 Å². The molecule has 0 N–H and O–H groups in total. The van der Waals surface area contributed by atoms with E-state index >= 15 is 0 Å². The minimum Gasteiger partial charge on any atom is -0.493 e. The summed E-state index contributed by atoms with van der Waals surface area (Å²) in [5.41, 5.74) is 5.12. The predicted octanol–water partition coefficient (Wildman–Crippen LogP) is 4.09. The monoisotopic (exact) mass is 539 g/mol. The van der Waals surface area contributed by atoms with Crippen LogP contribution >= 0.6 is 0 Å². The molecule has 8 nitrogen and oxygen atoms in total. The minimum absolute atomic E-state index is 0.0316. The summed E-state index contributed by atoms with van der Waals surface area (Å²) >= 11 is 0. The van der Waals surface area contributed by atoms with Crippen LogP contribution in [0.4, 0.5) is 5.69 Å². The Morgan fingerprint density at radius 3 is 2.17 bits per heavy atom. The molecule has 3 aromatic rings. The van der Waals surface area contributed by atoms with Crippen LogP contribution in [0.1, 0.15) is 56.3 Å². The molecular formula is C32H33N3O5. The van der Waals surface area contributed by atoms with Gasteiger partial charge in [0.2, 0.25) is 5.91 Å². The molecule has 0 radical (unpaired) electrons. The number of benzene rings is 3. The number of ketones is 1. The van der Waals surface area contributed by atoms with Gasteiger partial charge in [-0.25, -0.2) is 0 Å². The lowest BCUT2D eigenvalue weighted by atomic mass is 9.75. The quantitative estimate of drug-likeness (QED) is 0.455. The van der Waals surface area contributed by atoms with Gasteiger partial charge in [0.25, 0.3) is 5.91 Å². The van der Waals surface area contributed by atoms with Crippen LogP contribution in [0, 0.1) is 0 Å². The van der Waals surface area contributed by atoms with Crippen molar-refractivity contribution in [1.82, 2.24) is 9.80 Å². The highest BCUT2D eigenvalue weighted by Gasteiger charge is 2.48. The van der Waals surface area contributed by atoms with Gasteiger partial charge < -0.3 is 24.2 Å². The smallest absolute Gasteiger partial charge is 0.254 e. The van der Waals surface area contributed by atoms with E-state index in [0.717, 1.165) is 22.4 Å². The maximum absolute atomic E-state index is 14.4. The Morgan fingerprint density at radius 1 is 0.825 bits per heavy atom. The number of hydrogen-bond acceptors (Lipinski definition) is 6. The summed E-state index contributed by atoms with van der Waals surface area (Å²) in [6.07, 6.45) is 0.683. The number of Topliss-reactive ketones (excluding diaryl/α,β-unsaturated/α-hetero) is 1. The maximum atomic E-state index is 14.4. The van der Waals surface area contributed by atoms with Crippen molar-refractivity contribution in [2.24, 2.45) is 0 Å². The van der Waals surface area contributed by atoms with Crippen LogP contribution in [0.2, 0.25) is 0 Å². The number of fused-ring (bicyclic) bond motifs is 4. The fourth-order valence-electron chi connectivity index (χ4n) is 6.41. The molecule has 2 amide bonds. The molecule has 0 saturated carbocycles. The lowest BCUT2D eigenvalue weighted by Crippen LogP contribution is -2.54. The van der Waals surface area contributed by atoms with Gasteiger partial charge >= 0.3 is 0 Å². The predicted molar refractivity (Wildman–Crippen MR) is 151 cm³/mol. The van der Waals surface area contributed by atoms with Gasteiger partial charge in [-0.15, -0.1) is 0 Å². The maximum Gasteiger partial charge on any atom is 0.254 e. The molecule has 0 aliphatic carbocycles. The standard InChI is InChI=1S/C32H33N3O5/c1-20(36)21-8-10-23(11-9-21)33-14-16-34(17-15-33)32(38)29-24-6-4-5-7-25(24)31(37)35-13-12-22-18-27(39-2)28(40-3)19-26(22)30(29)35/h4-11,18-19,29-30H,12-17H2,1-3H3/t29-,30-/m0/s1. The largest absolute Gasteiger partial charge is 0.493 e. The van der Waals surface area contributed by atoms with E-state index in [-0.39, 0.29) is 17.6 Å². The van der Waals surface area contributed by atoms with Crippen molar-refractivity contribution in [2.45, 2.75) is 25.3 Å². The molecule has 3 aromatic carbocycles. The molecule has 8 heteroatoms. The van der Waals surface area contributed by atoms with Crippen molar-refractivity contribution >= 4 is 23.3 Å². The Morgan fingerprint density at radius 2 is 1.50 bits per heavy atom. The van der Waals surface area contributed by atoms with Gasteiger partial charge in [0.1, 0.15) is 0 Å². The fourth-order valence-corrected chi connectivity index (χ4v) is 6.41. The first kappa shape index (κ1) is 25.9. The van der Waals surface area contributed by atoms with Gasteiger partial charge in [-0.3, -0.25) is 14.4 Å². The molecule has 0 bridgehead atoms. The number of ether oxygens (including phenoxy) is 2. The number of carbonyl (C=O) groups is 3. The lowest BCUT2D eigenvalue weighted by Gasteiger charge is -2.47. The molecule has 3 aliphatic rings. The summed E-state index contributed by atoms with van der Waals surface area (Å²) in [7, 11) is 3.21. The van der Waals surface area contributed by atoms with Crippen molar-refractivity contribution in [1.29, 1.82) is 0 Å². The Kier molecular flexibility index (Phi) is 6.70. The molecule has 0 spiro atoms. The summed E-state index contributed by atoms with van der Waals surface area (Å²) in [5.74, 6) is 0.751. The van der Waals surface area contributed by atoms with Crippen LogP contribution in [0.25, 0.3) is 0 Å². The van der Waals surface area contributed by atoms with E-state index in [0.29, 0.717) is 61.8 Å². The zero-order valence-electron chi connectivity index (χ0n) is 23.1. The van der Waals surface area contributed by atoms with Gasteiger partial charge in [-0.2, -0.15) is 0 Å². The highest BCUT2D eigenvalue weighted by atomic mass is 16.5. The lowest BCUT2D eigenvalue weighted by molar-refractivity contribution is -0.135. The van der Waals surface area contributed by atoms with E-state index in [1.54, 1.807) is 21.1 Å². The third kappa shape index (κ3) is 4.28. The van der Waals surface area contributed by atoms with Gasteiger partial charge in [0.15, 0.2) is 17.3 Å². The summed E-state index contributed by atoms with van der Waals surface area (Å²) in [4.78, 5) is 45.8. The molecule has 3 heterocycles. The molecule has 1 saturated heterocycles. The zero-order chi connectivity index (χ0) is 28.0. The molecule has 40 heavy (non-hydrogen) atoms. The normalized spacial score (nSPS) is 19.9. The number of carbonyl (C=O) groups excluding carboxylic acids is 3. The first-order valence-corrected chi connectivity index (χ1v) is 13.7. The second-order valence-electron chi connectivity index (χ2n) is 10.6. The fraction of sp³-hybridized carbons (Fsp3) is 0.344. The average molecular weight is 540 g/mol. The van der Waals surface area contributed by atoms with Crippen molar-refractivity contribution in [2.75, 3.05) is 51.8 Å². The van der Waals surface area contributed by atoms with E-state index < -0.39 is 12.0 Å². The summed E-state index contributed by atoms with van der Waals surface area (Å²) in [5, 5.41) is 0. The van der Waals surface area contributed by atoms with Gasteiger partial charge in [0.05, 0.1) is 26.2 Å². The Bertz CT molecular complexity index is 1480. The summed E-state index contributed by atoms with van der Waals surface area (Å²) in [6, 6.07) is 18.7. The van der Waals surface area contributed by atoms with Crippen LogP contribution in [-0.4, -0.2) is 74.3 Å². The third-order valence-corrected chi connectivity index (χ3v) is 8.52. The number of rotatable bonds is 5. The molecular weight excluding hydrogens is 506 g/mol. The molecule has 2 atom stereocenters. The average Bonchev–Trinajstić information content (AvgIpc) is 3.00. The Balaban J connectivity index is 1.32. The first-order valence-electron chi connectivity index (χ1n) is 13.7. The van der Waals surface area contributed by atoms with E-state index in [2.05, 4.69) is 4.90 Å². The third-order valence-electron chi connectivity index (χ3n) is 8.52. The number of nitrogens with zero attached hydrogens (tertiary/aromatic N) is 3. The van der Waals surface area contributed by atoms with E-state index in [1.807, 2.05) is 70.5 Å². The van der Waals surface area contributed by atoms with Crippen molar-refractivity contribution in [3.05, 3.63) is 88.5 Å². The molecule has 0 unspecified atom stereocenters. The number of anilines is 1. The number of piperazine rings is 1. The molecule has 1 fully saturated rings. The van der Waals surface area contributed by atoms with E-state index in [9.17, 15) is 14.4 Å². The zero-order valence-corrected chi connectivity index (χ0v) is 23.1. The SMILES string of the molecule is COc1cc2c(cc1OC)[C@H]1[C@@H](C(=O)N3CCN(c4ccc(C(C)=O)cc4)CC3)c3ccccc3C(=O)N1CC2. The molecule has 206 valence electrons. The molecule has 0 aromatic heterocycles. The first-order chi connectivity index (χ1) is 19.4. The Labute approximate surface area is 234 Å². The van der Waals surface area contributed by atoms with Crippen LogP contribution in [-0.2, 0) is 11.2 Å². The second-order valence-corrected chi connectivity index (χ2v) is 10.6. The Hall–Kier alpha value is -4.33.